The molecule has 2 aromatic carbocycles. The second-order valence-electron chi connectivity index (χ2n) is 7.77. The molecule has 4 heteroatoms. The van der Waals surface area contributed by atoms with Crippen LogP contribution in [0.1, 0.15) is 47.8 Å². The van der Waals surface area contributed by atoms with Crippen molar-refractivity contribution < 1.29 is 19.0 Å². The topological polar surface area (TPSA) is 44.8 Å². The van der Waals surface area contributed by atoms with Gasteiger partial charge in [0, 0.05) is 0 Å². The monoisotopic (exact) mass is 394 g/mol. The number of rotatable bonds is 9. The summed E-state index contributed by atoms with van der Waals surface area (Å²) in [4.78, 5) is 12.3. The van der Waals surface area contributed by atoms with Crippen molar-refractivity contribution in [3.8, 4) is 12.3 Å². The number of terminal acetylenes is 1. The molecule has 4 nitrogen and oxygen atoms in total. The molecule has 1 atom stereocenters. The Labute approximate surface area is 174 Å². The molecule has 0 saturated heterocycles. The highest BCUT2D eigenvalue weighted by Crippen LogP contribution is 2.38. The van der Waals surface area contributed by atoms with Crippen LogP contribution in [0.15, 0.2) is 42.5 Å². The molecule has 2 aromatic rings. The van der Waals surface area contributed by atoms with E-state index in [1.54, 1.807) is 13.8 Å². The molecule has 0 aliphatic carbocycles. The molecule has 0 radical (unpaired) electrons. The number of ether oxygens (including phenoxy) is 3. The normalized spacial score (nSPS) is 12.3. The highest BCUT2D eigenvalue weighted by atomic mass is 16.5. The minimum Gasteiger partial charge on any atom is -0.469 e. The summed E-state index contributed by atoms with van der Waals surface area (Å²) in [5.74, 6) is 2.13. The lowest BCUT2D eigenvalue weighted by Gasteiger charge is -2.32. The Morgan fingerprint density at radius 3 is 2.41 bits per heavy atom. The summed E-state index contributed by atoms with van der Waals surface area (Å²) < 4.78 is 16.8. The van der Waals surface area contributed by atoms with Gasteiger partial charge in [-0.15, -0.1) is 6.42 Å². The number of carbonyl (C=O) groups is 1. The zero-order chi connectivity index (χ0) is 21.4. The molecule has 0 bridgehead atoms. The molecule has 0 fully saturated rings. The van der Waals surface area contributed by atoms with Crippen LogP contribution in [0.25, 0.3) is 0 Å². The predicted octanol–water partition coefficient (Wildman–Crippen LogP) is 4.91. The first kappa shape index (κ1) is 22.7. The Morgan fingerprint density at radius 1 is 1.10 bits per heavy atom. The maximum Gasteiger partial charge on any atom is 0.314 e. The molecule has 2 rings (SSSR count). The Kier molecular flexibility index (Phi) is 8.01. The molecule has 0 aliphatic rings. The van der Waals surface area contributed by atoms with Gasteiger partial charge in [-0.25, -0.2) is 0 Å². The van der Waals surface area contributed by atoms with Crippen molar-refractivity contribution >= 4 is 5.97 Å². The van der Waals surface area contributed by atoms with Gasteiger partial charge in [0.25, 0.3) is 0 Å². The van der Waals surface area contributed by atoms with Gasteiger partial charge >= 0.3 is 5.97 Å². The lowest BCUT2D eigenvalue weighted by atomic mass is 9.81. The molecule has 0 heterocycles. The smallest absolute Gasteiger partial charge is 0.314 e. The van der Waals surface area contributed by atoms with E-state index in [9.17, 15) is 4.79 Å². The highest BCUT2D eigenvalue weighted by Gasteiger charge is 2.40. The summed E-state index contributed by atoms with van der Waals surface area (Å²) in [5.41, 5.74) is 4.50. The molecule has 0 aliphatic heterocycles. The van der Waals surface area contributed by atoms with Crippen LogP contribution in [0.2, 0.25) is 0 Å². The molecular weight excluding hydrogens is 364 g/mol. The summed E-state index contributed by atoms with van der Waals surface area (Å²) in [5, 5.41) is 0. The molecule has 0 unspecified atom stereocenters. The number of methoxy groups -OCH3 is 1. The van der Waals surface area contributed by atoms with Crippen LogP contribution in [0.5, 0.6) is 0 Å². The first-order valence-electron chi connectivity index (χ1n) is 9.65. The largest absolute Gasteiger partial charge is 0.469 e. The number of esters is 1. The van der Waals surface area contributed by atoms with Crippen LogP contribution in [0, 0.1) is 31.6 Å². The van der Waals surface area contributed by atoms with E-state index in [1.165, 1.54) is 12.7 Å². The van der Waals surface area contributed by atoms with Crippen LogP contribution < -0.4 is 0 Å². The van der Waals surface area contributed by atoms with Crippen molar-refractivity contribution in [3.05, 3.63) is 70.3 Å². The van der Waals surface area contributed by atoms with Gasteiger partial charge in [0.05, 0.1) is 31.8 Å². The molecule has 29 heavy (non-hydrogen) atoms. The van der Waals surface area contributed by atoms with Crippen LogP contribution in [0.3, 0.4) is 0 Å². The van der Waals surface area contributed by atoms with Crippen LogP contribution in [-0.2, 0) is 32.2 Å². The van der Waals surface area contributed by atoms with E-state index in [-0.39, 0.29) is 12.6 Å². The maximum absolute atomic E-state index is 12.3. The fraction of sp³-hybridized carbons (Fsp3) is 0.400. The van der Waals surface area contributed by atoms with Gasteiger partial charge in [0.2, 0.25) is 0 Å². The van der Waals surface area contributed by atoms with Crippen LogP contribution >= 0.6 is 0 Å². The SMILES string of the molecule is C#CCO[C@H](c1ccc(C)c(COCc2ccc(C)cc2)c1)C(C)(C)C(=O)OC. The van der Waals surface area contributed by atoms with Crippen molar-refractivity contribution in [2.24, 2.45) is 5.41 Å². The summed E-state index contributed by atoms with van der Waals surface area (Å²) in [7, 11) is 1.38. The molecule has 0 amide bonds. The van der Waals surface area contributed by atoms with E-state index in [2.05, 4.69) is 37.1 Å². The summed E-state index contributed by atoms with van der Waals surface area (Å²) in [6, 6.07) is 14.3. The molecule has 0 saturated carbocycles. The molecule has 154 valence electrons. The number of benzene rings is 2. The third kappa shape index (κ3) is 5.93. The quantitative estimate of drug-likeness (QED) is 0.448. The zero-order valence-corrected chi connectivity index (χ0v) is 18.0. The van der Waals surface area contributed by atoms with E-state index in [0.29, 0.717) is 13.2 Å². The van der Waals surface area contributed by atoms with Gasteiger partial charge in [0.1, 0.15) is 6.61 Å². The van der Waals surface area contributed by atoms with Crippen molar-refractivity contribution in [2.45, 2.75) is 47.0 Å². The standard InChI is InChI=1S/C25H30O4/c1-7-14-29-23(25(4,5)24(26)27-6)21-13-10-19(3)22(15-21)17-28-16-20-11-8-18(2)9-12-20/h1,8-13,15,23H,14,16-17H2,2-6H3/t23-/m1/s1. The minimum atomic E-state index is -0.888. The lowest BCUT2D eigenvalue weighted by molar-refractivity contribution is -0.160. The van der Waals surface area contributed by atoms with Crippen LogP contribution in [-0.4, -0.2) is 19.7 Å². The van der Waals surface area contributed by atoms with Gasteiger partial charge in [-0.3, -0.25) is 4.79 Å². The van der Waals surface area contributed by atoms with Crippen molar-refractivity contribution in [3.63, 3.8) is 0 Å². The summed E-state index contributed by atoms with van der Waals surface area (Å²) in [6.45, 7) is 8.81. The molecule has 0 N–H and O–H groups in total. The Bertz CT molecular complexity index is 859. The van der Waals surface area contributed by atoms with Gasteiger partial charge in [-0.05, 0) is 49.9 Å². The van der Waals surface area contributed by atoms with Crippen molar-refractivity contribution in [2.75, 3.05) is 13.7 Å². The number of carbonyl (C=O) groups excluding carboxylic acids is 1. The number of hydrogen-bond donors (Lipinski definition) is 0. The van der Waals surface area contributed by atoms with Gasteiger partial charge in [-0.2, -0.15) is 0 Å². The van der Waals surface area contributed by atoms with Gasteiger partial charge < -0.3 is 14.2 Å². The van der Waals surface area contributed by atoms with Gasteiger partial charge in [0.15, 0.2) is 0 Å². The first-order valence-corrected chi connectivity index (χ1v) is 9.65. The van der Waals surface area contributed by atoms with E-state index in [0.717, 1.165) is 22.3 Å². The Balaban J connectivity index is 2.20. The van der Waals surface area contributed by atoms with Gasteiger partial charge in [-0.1, -0.05) is 53.9 Å². The summed E-state index contributed by atoms with van der Waals surface area (Å²) >= 11 is 0. The van der Waals surface area contributed by atoms with Crippen molar-refractivity contribution in [1.82, 2.24) is 0 Å². The van der Waals surface area contributed by atoms with E-state index >= 15 is 0 Å². The maximum atomic E-state index is 12.3. The predicted molar refractivity (Wildman–Crippen MR) is 114 cm³/mol. The average molecular weight is 395 g/mol. The van der Waals surface area contributed by atoms with Crippen molar-refractivity contribution in [1.29, 1.82) is 0 Å². The third-order valence-corrected chi connectivity index (χ3v) is 5.02. The van der Waals surface area contributed by atoms with E-state index < -0.39 is 11.5 Å². The van der Waals surface area contributed by atoms with E-state index in [1.807, 2.05) is 25.1 Å². The Morgan fingerprint density at radius 2 is 1.79 bits per heavy atom. The minimum absolute atomic E-state index is 0.109. The third-order valence-electron chi connectivity index (χ3n) is 5.02. The average Bonchev–Trinajstić information content (AvgIpc) is 2.70. The molecular formula is C25H30O4. The fourth-order valence-electron chi connectivity index (χ4n) is 3.20. The van der Waals surface area contributed by atoms with Crippen LogP contribution in [0.4, 0.5) is 0 Å². The molecule has 0 aromatic heterocycles. The lowest BCUT2D eigenvalue weighted by Crippen LogP contribution is -2.34. The zero-order valence-electron chi connectivity index (χ0n) is 18.0. The highest BCUT2D eigenvalue weighted by molar-refractivity contribution is 5.77. The number of aryl methyl sites for hydroxylation is 2. The Hall–Kier alpha value is -2.61. The summed E-state index contributed by atoms with van der Waals surface area (Å²) in [6.07, 6.45) is 4.85. The number of hydrogen-bond acceptors (Lipinski definition) is 4. The second-order valence-corrected chi connectivity index (χ2v) is 7.77. The fourth-order valence-corrected chi connectivity index (χ4v) is 3.20. The van der Waals surface area contributed by atoms with E-state index in [4.69, 9.17) is 20.6 Å². The second kappa shape index (κ2) is 10.2. The first-order chi connectivity index (χ1) is 13.8. The molecule has 0 spiro atoms.